The molecule has 2 heterocycles. The van der Waals surface area contributed by atoms with E-state index in [0.717, 1.165) is 32.8 Å². The number of thiophene rings is 1. The Morgan fingerprint density at radius 1 is 1.15 bits per heavy atom. The lowest BCUT2D eigenvalue weighted by molar-refractivity contribution is 0.703. The van der Waals surface area contributed by atoms with Gasteiger partial charge in [-0.25, -0.2) is 0 Å². The molecule has 1 aromatic carbocycles. The summed E-state index contributed by atoms with van der Waals surface area (Å²) in [6.45, 7) is 1.63. The van der Waals surface area contributed by atoms with Crippen LogP contribution in [0.2, 0.25) is 5.02 Å². The number of nitrogens with one attached hydrogen (secondary N) is 1. The Hall–Kier alpha value is -0.940. The number of rotatable bonds is 4. The molecule has 0 saturated heterocycles. The molecule has 0 atom stereocenters. The number of hydrogen-bond donors (Lipinski definition) is 1. The van der Waals surface area contributed by atoms with Crippen molar-refractivity contribution in [1.82, 2.24) is 10.3 Å². The molecule has 2 aromatic heterocycles. The Morgan fingerprint density at radius 3 is 2.85 bits per heavy atom. The highest BCUT2D eigenvalue weighted by Gasteiger charge is 2.05. The minimum absolute atomic E-state index is 0.749. The lowest BCUT2D eigenvalue weighted by atomic mass is 10.1. The van der Waals surface area contributed by atoms with Crippen LogP contribution in [-0.4, -0.2) is 4.98 Å². The van der Waals surface area contributed by atoms with Crippen molar-refractivity contribution in [3.8, 4) is 0 Å². The summed E-state index contributed by atoms with van der Waals surface area (Å²) in [7, 11) is 0. The van der Waals surface area contributed by atoms with Gasteiger partial charge < -0.3 is 5.32 Å². The van der Waals surface area contributed by atoms with E-state index >= 15 is 0 Å². The topological polar surface area (TPSA) is 24.9 Å². The summed E-state index contributed by atoms with van der Waals surface area (Å²) in [6, 6.07) is 12.1. The van der Waals surface area contributed by atoms with E-state index in [1.54, 1.807) is 17.5 Å². The molecule has 0 aliphatic heterocycles. The lowest BCUT2D eigenvalue weighted by Crippen LogP contribution is -2.12. The second-order valence-electron chi connectivity index (χ2n) is 4.42. The molecule has 5 heteroatoms. The van der Waals surface area contributed by atoms with Gasteiger partial charge in [0.1, 0.15) is 0 Å². The maximum atomic E-state index is 6.20. The highest BCUT2D eigenvalue weighted by Crippen LogP contribution is 2.25. The molecule has 0 aliphatic carbocycles. The molecule has 0 aliphatic rings. The normalized spacial score (nSPS) is 11.1. The molecule has 20 heavy (non-hydrogen) atoms. The SMILES string of the molecule is Clc1ccc(CNCc2ccc(Br)s2)c2ncccc12. The molecule has 0 unspecified atom stereocenters. The van der Waals surface area contributed by atoms with Crippen molar-refractivity contribution in [2.45, 2.75) is 13.1 Å². The van der Waals surface area contributed by atoms with Crippen molar-refractivity contribution >= 4 is 49.8 Å². The lowest BCUT2D eigenvalue weighted by Gasteiger charge is -2.08. The van der Waals surface area contributed by atoms with Crippen LogP contribution in [0.1, 0.15) is 10.4 Å². The quantitative estimate of drug-likeness (QED) is 0.701. The van der Waals surface area contributed by atoms with Gasteiger partial charge in [-0.05, 0) is 51.8 Å². The summed E-state index contributed by atoms with van der Waals surface area (Å²) < 4.78 is 1.16. The number of hydrogen-bond acceptors (Lipinski definition) is 3. The molecule has 1 N–H and O–H groups in total. The number of benzene rings is 1. The first-order chi connectivity index (χ1) is 9.74. The highest BCUT2D eigenvalue weighted by atomic mass is 79.9. The van der Waals surface area contributed by atoms with E-state index in [2.05, 4.69) is 38.4 Å². The Morgan fingerprint density at radius 2 is 2.05 bits per heavy atom. The fraction of sp³-hybridized carbons (Fsp3) is 0.133. The van der Waals surface area contributed by atoms with Crippen molar-refractivity contribution in [2.75, 3.05) is 0 Å². The first-order valence-electron chi connectivity index (χ1n) is 6.21. The van der Waals surface area contributed by atoms with Gasteiger partial charge in [0.15, 0.2) is 0 Å². The van der Waals surface area contributed by atoms with Gasteiger partial charge in [-0.15, -0.1) is 11.3 Å². The van der Waals surface area contributed by atoms with Crippen molar-refractivity contribution in [2.24, 2.45) is 0 Å². The van der Waals surface area contributed by atoms with E-state index in [0.29, 0.717) is 0 Å². The van der Waals surface area contributed by atoms with E-state index in [4.69, 9.17) is 11.6 Å². The van der Waals surface area contributed by atoms with Crippen LogP contribution in [0.15, 0.2) is 46.4 Å². The van der Waals surface area contributed by atoms with Gasteiger partial charge >= 0.3 is 0 Å². The maximum absolute atomic E-state index is 6.20. The molecule has 2 nitrogen and oxygen atoms in total. The molecular weight excluding hydrogens is 356 g/mol. The second-order valence-corrected chi connectivity index (χ2v) is 7.37. The van der Waals surface area contributed by atoms with Crippen LogP contribution >= 0.6 is 38.9 Å². The number of pyridine rings is 1. The minimum Gasteiger partial charge on any atom is -0.308 e. The van der Waals surface area contributed by atoms with Gasteiger partial charge in [-0.2, -0.15) is 0 Å². The average molecular weight is 368 g/mol. The standard InChI is InChI=1S/C15H12BrClN2S/c16-14-6-4-11(20-14)9-18-8-10-3-5-13(17)12-2-1-7-19-15(10)12/h1-7,18H,8-9H2. The van der Waals surface area contributed by atoms with Gasteiger partial charge in [0.25, 0.3) is 0 Å². The Balaban J connectivity index is 1.76. The summed E-state index contributed by atoms with van der Waals surface area (Å²) >= 11 is 11.4. The monoisotopic (exact) mass is 366 g/mol. The van der Waals surface area contributed by atoms with Crippen LogP contribution in [0.4, 0.5) is 0 Å². The molecule has 0 spiro atoms. The van der Waals surface area contributed by atoms with Crippen molar-refractivity contribution in [3.63, 3.8) is 0 Å². The smallest absolute Gasteiger partial charge is 0.0761 e. The van der Waals surface area contributed by atoms with E-state index in [9.17, 15) is 0 Å². The van der Waals surface area contributed by atoms with Gasteiger partial charge in [-0.1, -0.05) is 17.7 Å². The molecule has 0 radical (unpaired) electrons. The maximum Gasteiger partial charge on any atom is 0.0761 e. The number of nitrogens with zero attached hydrogens (tertiary/aromatic N) is 1. The summed E-state index contributed by atoms with van der Waals surface area (Å²) in [5, 5.41) is 5.21. The predicted molar refractivity (Wildman–Crippen MR) is 89.3 cm³/mol. The number of halogens is 2. The second kappa shape index (κ2) is 6.22. The van der Waals surface area contributed by atoms with Gasteiger partial charge in [0.05, 0.1) is 9.30 Å². The molecule has 0 amide bonds. The summed E-state index contributed by atoms with van der Waals surface area (Å²) in [5.41, 5.74) is 2.14. The molecule has 0 saturated carbocycles. The fourth-order valence-corrected chi connectivity index (χ4v) is 3.77. The van der Waals surface area contributed by atoms with Gasteiger partial charge in [0.2, 0.25) is 0 Å². The number of fused-ring (bicyclic) bond motifs is 1. The third kappa shape index (κ3) is 3.04. The number of aromatic nitrogens is 1. The highest BCUT2D eigenvalue weighted by molar-refractivity contribution is 9.11. The summed E-state index contributed by atoms with van der Waals surface area (Å²) in [4.78, 5) is 5.75. The van der Waals surface area contributed by atoms with Crippen LogP contribution < -0.4 is 5.32 Å². The minimum atomic E-state index is 0.749. The van der Waals surface area contributed by atoms with Crippen LogP contribution in [0, 0.1) is 0 Å². The first kappa shape index (κ1) is 14.0. The van der Waals surface area contributed by atoms with Crippen molar-refractivity contribution in [1.29, 1.82) is 0 Å². The molecule has 0 bridgehead atoms. The zero-order chi connectivity index (χ0) is 13.9. The van der Waals surface area contributed by atoms with E-state index in [-0.39, 0.29) is 0 Å². The summed E-state index contributed by atoms with van der Waals surface area (Å²) in [5.74, 6) is 0. The van der Waals surface area contributed by atoms with E-state index in [1.165, 1.54) is 10.4 Å². The first-order valence-corrected chi connectivity index (χ1v) is 8.20. The Bertz CT molecular complexity index is 742. The van der Waals surface area contributed by atoms with Gasteiger partial charge in [0, 0.05) is 34.6 Å². The molecule has 3 aromatic rings. The van der Waals surface area contributed by atoms with Crippen molar-refractivity contribution < 1.29 is 0 Å². The van der Waals surface area contributed by atoms with E-state index in [1.807, 2.05) is 24.3 Å². The molecular formula is C15H12BrClN2S. The van der Waals surface area contributed by atoms with Crippen LogP contribution in [0.3, 0.4) is 0 Å². The Kier molecular flexibility index (Phi) is 4.36. The Labute approximate surface area is 134 Å². The summed E-state index contributed by atoms with van der Waals surface area (Å²) in [6.07, 6.45) is 1.80. The third-order valence-electron chi connectivity index (χ3n) is 3.04. The molecule has 102 valence electrons. The zero-order valence-electron chi connectivity index (χ0n) is 10.6. The molecule has 0 fully saturated rings. The molecule has 3 rings (SSSR count). The average Bonchev–Trinajstić information content (AvgIpc) is 2.87. The fourth-order valence-electron chi connectivity index (χ4n) is 2.11. The van der Waals surface area contributed by atoms with Crippen molar-refractivity contribution in [3.05, 3.63) is 61.8 Å². The van der Waals surface area contributed by atoms with Crippen LogP contribution in [0.5, 0.6) is 0 Å². The van der Waals surface area contributed by atoms with Crippen LogP contribution in [0.25, 0.3) is 10.9 Å². The zero-order valence-corrected chi connectivity index (χ0v) is 13.7. The third-order valence-corrected chi connectivity index (χ3v) is 5.00. The largest absolute Gasteiger partial charge is 0.308 e. The predicted octanol–water partition coefficient (Wildman–Crippen LogP) is 5.00. The van der Waals surface area contributed by atoms with Crippen LogP contribution in [-0.2, 0) is 13.1 Å². The van der Waals surface area contributed by atoms with E-state index < -0.39 is 0 Å². The van der Waals surface area contributed by atoms with Gasteiger partial charge in [-0.3, -0.25) is 4.98 Å².